The summed E-state index contributed by atoms with van der Waals surface area (Å²) in [6, 6.07) is 15.8. The van der Waals surface area contributed by atoms with Gasteiger partial charge in [0.25, 0.3) is 0 Å². The SMILES string of the molecule is CC(C)(C)OC(=O)N1C[C@@]2(CC(c3ccc4c(c3)OCO4)=NO2)C[C@H]1C(=O)O.CCC[C@H](N)C(O)C(N)=O.CCC[C@H](NC(=O)[C@@H]1C[C@@]2(CN1)CC(c1ccc3c(c1)OCO3)=NO2)C(O)C(N)=O.S=POn1nnc2ccccc21. The predicted octanol–water partition coefficient (Wildman–Crippen LogP) is 2.29. The van der Waals surface area contributed by atoms with E-state index in [1.807, 2.05) is 68.4 Å². The number of likely N-dealkylation sites (tertiary alicyclic amines) is 1. The number of aliphatic hydroxyl groups excluding tert-OH is 2. The lowest BCUT2D eigenvalue weighted by Crippen LogP contribution is -2.53. The first-order chi connectivity index (χ1) is 38.1. The molecule has 4 amide bonds. The fraction of sp³-hybridized carbons (Fsp3) is 0.510. The molecule has 27 nitrogen and oxygen atoms in total. The first-order valence-corrected chi connectivity index (χ1v) is 27.5. The summed E-state index contributed by atoms with van der Waals surface area (Å²) in [5.41, 5.74) is 17.9. The number of para-hydroxylation sites is 1. The van der Waals surface area contributed by atoms with Crippen molar-refractivity contribution in [2.24, 2.45) is 27.5 Å². The van der Waals surface area contributed by atoms with Gasteiger partial charge in [-0.3, -0.25) is 19.3 Å². The van der Waals surface area contributed by atoms with Gasteiger partial charge in [0.15, 0.2) is 40.3 Å². The average molecular weight is 1150 g/mol. The molecule has 4 aromatic rings. The first-order valence-electron chi connectivity index (χ1n) is 25.6. The number of primary amides is 2. The number of carboxylic acid groups (broad SMARTS) is 1. The Bertz CT molecular complexity index is 2980. The van der Waals surface area contributed by atoms with E-state index in [1.165, 1.54) is 9.75 Å². The number of hydrogen-bond acceptors (Lipinski definition) is 22. The molecule has 2 saturated heterocycles. The van der Waals surface area contributed by atoms with E-state index in [2.05, 4.69) is 43.1 Å². The van der Waals surface area contributed by atoms with E-state index in [9.17, 15) is 34.2 Å². The van der Waals surface area contributed by atoms with Crippen LogP contribution in [0, 0.1) is 0 Å². The van der Waals surface area contributed by atoms with E-state index in [0.29, 0.717) is 81.4 Å². The maximum atomic E-state index is 12.7. The third kappa shape index (κ3) is 14.8. The Hall–Kier alpha value is -7.49. The van der Waals surface area contributed by atoms with Gasteiger partial charge in [0, 0.05) is 49.4 Å². The van der Waals surface area contributed by atoms with Crippen molar-refractivity contribution in [2.75, 3.05) is 26.7 Å². The van der Waals surface area contributed by atoms with Crippen LogP contribution in [0.1, 0.15) is 97.1 Å². The highest BCUT2D eigenvalue weighted by atomic mass is 32.4. The van der Waals surface area contributed by atoms with Crippen LogP contribution in [-0.2, 0) is 45.4 Å². The molecule has 80 heavy (non-hydrogen) atoms. The van der Waals surface area contributed by atoms with Crippen molar-refractivity contribution in [3.05, 3.63) is 71.8 Å². The van der Waals surface area contributed by atoms with Gasteiger partial charge in [-0.1, -0.05) is 54.0 Å². The van der Waals surface area contributed by atoms with Gasteiger partial charge in [-0.25, -0.2) is 9.59 Å². The van der Waals surface area contributed by atoms with Crippen molar-refractivity contribution in [1.82, 2.24) is 30.7 Å². The average Bonchev–Trinajstić information content (AvgIpc) is 4.37. The predicted molar refractivity (Wildman–Crippen MR) is 289 cm³/mol. The molecular weight excluding hydrogens is 1090 g/mol. The van der Waals surface area contributed by atoms with Gasteiger partial charge in [0.05, 0.1) is 30.1 Å². The summed E-state index contributed by atoms with van der Waals surface area (Å²) in [4.78, 5) is 72.6. The Balaban J connectivity index is 0.000000169. The number of rotatable bonds is 15. The lowest BCUT2D eigenvalue weighted by atomic mass is 9.91. The lowest BCUT2D eigenvalue weighted by Gasteiger charge is -2.27. The van der Waals surface area contributed by atoms with Gasteiger partial charge in [-0.15, -0.1) is 5.10 Å². The van der Waals surface area contributed by atoms with E-state index in [1.54, 1.807) is 26.8 Å². The molecule has 6 aliphatic heterocycles. The summed E-state index contributed by atoms with van der Waals surface area (Å²) in [6.45, 7) is 9.96. The zero-order valence-corrected chi connectivity index (χ0v) is 46.4. The Morgan fingerprint density at radius 1 is 0.838 bits per heavy atom. The van der Waals surface area contributed by atoms with Crippen LogP contribution in [0.3, 0.4) is 0 Å². The zero-order chi connectivity index (χ0) is 57.9. The minimum atomic E-state index is -1.42. The number of nitrogens with zero attached hydrogens (tertiary/aromatic N) is 6. The Morgan fingerprint density at radius 2 is 1.41 bits per heavy atom. The number of oxime groups is 2. The number of ether oxygens (including phenoxy) is 5. The Labute approximate surface area is 466 Å². The van der Waals surface area contributed by atoms with Gasteiger partial charge in [0.1, 0.15) is 28.8 Å². The number of nitrogens with one attached hydrogen (secondary N) is 2. The number of aliphatic hydroxyl groups is 2. The van der Waals surface area contributed by atoms with Crippen molar-refractivity contribution in [3.8, 4) is 23.0 Å². The molecule has 10 rings (SSSR count). The van der Waals surface area contributed by atoms with Crippen LogP contribution < -0.4 is 51.4 Å². The molecule has 6 aliphatic rings. The maximum absolute atomic E-state index is 12.7. The molecule has 29 heteroatoms. The summed E-state index contributed by atoms with van der Waals surface area (Å²) in [7, 11) is 0.389. The molecule has 0 radical (unpaired) electrons. The minimum absolute atomic E-state index is 0.0937. The molecule has 0 saturated carbocycles. The smallest absolute Gasteiger partial charge is 0.411 e. The van der Waals surface area contributed by atoms with Crippen LogP contribution in [0.25, 0.3) is 11.0 Å². The number of hydrogen-bond donors (Lipinski definition) is 8. The highest BCUT2D eigenvalue weighted by Gasteiger charge is 2.55. The highest BCUT2D eigenvalue weighted by molar-refractivity contribution is 7.94. The Kier molecular flexibility index (Phi) is 19.7. The summed E-state index contributed by atoms with van der Waals surface area (Å²) < 4.78 is 31.8. The van der Waals surface area contributed by atoms with Crippen LogP contribution in [-0.4, -0.2) is 156 Å². The van der Waals surface area contributed by atoms with E-state index >= 15 is 0 Å². The molecule has 0 bridgehead atoms. The largest absolute Gasteiger partial charge is 0.480 e. The highest BCUT2D eigenvalue weighted by Crippen LogP contribution is 2.42. The number of aromatic nitrogens is 3. The second-order valence-corrected chi connectivity index (χ2v) is 21.3. The van der Waals surface area contributed by atoms with Gasteiger partial charge < -0.3 is 81.1 Å². The standard InChI is InChI=1S/C20H26N4O6.C19H22N2O7.C6H4N3OPS.C6H14N2O2/c1-2-3-12(17(25)18(21)26)23-19(27)14-8-20(9-22-14)7-13(24-30-20)11-4-5-15-16(6-11)29-10-28-15;1-18(2,3)27-17(24)21-9-19(8-13(21)16(22)23)7-12(20-28-19)11-4-5-14-15(6-11)26-10-25-14;12-11-10-9-6-4-2-1-3-5(6)7-8-9;1-2-3-4(7)5(9)6(8)10/h4-6,12,14,17,22,25H,2-3,7-10H2,1H3,(H2,21,26)(H,23,27);4-6,13H,7-10H2,1-3H3,(H,22,23);1-4H;4-5,9H,2-3,7H2,1H3,(H2,8,10)/t12-,14-,17?,20+;13-,19+;;4-,5?/m00.0/s1. The minimum Gasteiger partial charge on any atom is -0.480 e. The maximum Gasteiger partial charge on any atom is 0.411 e. The molecule has 2 fully saturated rings. The number of fused-ring (bicyclic) bond motifs is 3. The molecule has 2 unspecified atom stereocenters. The zero-order valence-electron chi connectivity index (χ0n) is 44.6. The molecule has 8 atom stereocenters. The molecule has 0 aliphatic carbocycles. The Morgan fingerprint density at radius 3 is 1.98 bits per heavy atom. The van der Waals surface area contributed by atoms with E-state index in [-0.39, 0.29) is 32.5 Å². The number of nitrogens with two attached hydrogens (primary N) is 3. The lowest BCUT2D eigenvalue weighted by molar-refractivity contribution is -0.142. The summed E-state index contributed by atoms with van der Waals surface area (Å²) >= 11 is 4.62. The van der Waals surface area contributed by atoms with Crippen molar-refractivity contribution in [2.45, 2.75) is 139 Å². The van der Waals surface area contributed by atoms with E-state index in [0.717, 1.165) is 34.3 Å². The number of carbonyl (C=O) groups is 5. The van der Waals surface area contributed by atoms with Gasteiger partial charge in [-0.2, -0.15) is 0 Å². The number of benzene rings is 3. The van der Waals surface area contributed by atoms with E-state index < -0.39 is 77.1 Å². The molecule has 7 heterocycles. The van der Waals surface area contributed by atoms with Gasteiger partial charge in [0.2, 0.25) is 38.9 Å². The van der Waals surface area contributed by atoms with Crippen molar-refractivity contribution >= 4 is 71.6 Å². The molecular formula is C51H66N11O16PS. The molecule has 1 aromatic heterocycles. The molecule has 2 spiro atoms. The van der Waals surface area contributed by atoms with Crippen molar-refractivity contribution < 1.29 is 77.3 Å². The van der Waals surface area contributed by atoms with Crippen LogP contribution in [0.5, 0.6) is 23.0 Å². The number of aliphatic carboxylic acids is 1. The van der Waals surface area contributed by atoms with Crippen LogP contribution >= 0.6 is 7.58 Å². The fourth-order valence-electron chi connectivity index (χ4n) is 9.34. The first kappa shape index (κ1) is 60.2. The second kappa shape index (κ2) is 26.2. The van der Waals surface area contributed by atoms with Crippen LogP contribution in [0.15, 0.2) is 71.0 Å². The third-order valence-corrected chi connectivity index (χ3v) is 13.7. The number of amides is 4. The van der Waals surface area contributed by atoms with Gasteiger partial charge >= 0.3 is 12.1 Å². The summed E-state index contributed by atoms with van der Waals surface area (Å²) in [6.07, 6.45) is 0.789. The third-order valence-electron chi connectivity index (χ3n) is 13.3. The fourth-order valence-corrected chi connectivity index (χ4v) is 9.71. The summed E-state index contributed by atoms with van der Waals surface area (Å²) in [5, 5.41) is 50.5. The molecule has 432 valence electrons. The monoisotopic (exact) mass is 1150 g/mol. The molecule has 11 N–H and O–H groups in total. The number of carbonyl (C=O) groups excluding carboxylic acids is 4. The number of carboxylic acids is 1. The summed E-state index contributed by atoms with van der Waals surface area (Å²) in [5.74, 6) is -0.327. The van der Waals surface area contributed by atoms with Crippen molar-refractivity contribution in [1.29, 1.82) is 0 Å². The van der Waals surface area contributed by atoms with Crippen molar-refractivity contribution in [3.63, 3.8) is 0 Å². The van der Waals surface area contributed by atoms with Gasteiger partial charge in [-0.05, 0) is 99.2 Å². The topological polar surface area (TPSA) is 381 Å². The van der Waals surface area contributed by atoms with Crippen LogP contribution in [0.4, 0.5) is 4.79 Å². The molecule has 3 aromatic carbocycles. The quantitative estimate of drug-likeness (QED) is 0.0792. The normalized spacial score (nSPS) is 22.4. The second-order valence-electron chi connectivity index (χ2n) is 20.6. The van der Waals surface area contributed by atoms with E-state index in [4.69, 9.17) is 60.3 Å². The van der Waals surface area contributed by atoms with Crippen LogP contribution in [0.2, 0.25) is 0 Å².